The van der Waals surface area contributed by atoms with Crippen LogP contribution < -0.4 is 5.32 Å². The Kier molecular flexibility index (Phi) is 6.46. The minimum Gasteiger partial charge on any atom is -0.379 e. The molecule has 170 valence electrons. The number of benzene rings is 1. The van der Waals surface area contributed by atoms with E-state index in [1.54, 1.807) is 6.33 Å². The lowest BCUT2D eigenvalue weighted by molar-refractivity contribution is 0.0374. The first-order chi connectivity index (χ1) is 16.3. The van der Waals surface area contributed by atoms with Gasteiger partial charge in [0.1, 0.15) is 5.69 Å². The van der Waals surface area contributed by atoms with E-state index in [1.165, 1.54) is 5.56 Å². The van der Waals surface area contributed by atoms with Crippen LogP contribution in [0.2, 0.25) is 0 Å². The molecular weight excluding hydrogens is 416 g/mol. The maximum atomic E-state index is 13.0. The Hall–Kier alpha value is -3.49. The second-order valence-corrected chi connectivity index (χ2v) is 8.22. The van der Waals surface area contributed by atoms with E-state index in [-0.39, 0.29) is 5.91 Å². The Morgan fingerprint density at radius 3 is 2.73 bits per heavy atom. The highest BCUT2D eigenvalue weighted by Crippen LogP contribution is 2.22. The van der Waals surface area contributed by atoms with Crippen molar-refractivity contribution in [1.82, 2.24) is 29.2 Å². The van der Waals surface area contributed by atoms with E-state index in [4.69, 9.17) is 9.72 Å². The summed E-state index contributed by atoms with van der Waals surface area (Å²) in [4.78, 5) is 24.6. The monoisotopic (exact) mass is 444 g/mol. The molecule has 3 aromatic heterocycles. The van der Waals surface area contributed by atoms with Gasteiger partial charge in [0.2, 0.25) is 0 Å². The van der Waals surface area contributed by atoms with E-state index in [9.17, 15) is 4.79 Å². The third-order valence-electron chi connectivity index (χ3n) is 5.87. The van der Waals surface area contributed by atoms with Gasteiger partial charge in [0.25, 0.3) is 5.91 Å². The van der Waals surface area contributed by atoms with Crippen molar-refractivity contribution in [2.75, 3.05) is 39.4 Å². The first kappa shape index (κ1) is 21.4. The molecule has 0 spiro atoms. The van der Waals surface area contributed by atoms with Crippen LogP contribution in [-0.4, -0.2) is 69.1 Å². The number of ether oxygens (including phenoxy) is 1. The highest BCUT2D eigenvalue weighted by Gasteiger charge is 2.19. The summed E-state index contributed by atoms with van der Waals surface area (Å²) in [6.07, 6.45) is 6.59. The highest BCUT2D eigenvalue weighted by molar-refractivity contribution is 5.99. The standard InChI is InChI=1S/C25H28N6O2/c32-25(26-10-6-11-29-13-15-33-16-14-29)23-22-9-4-5-12-31(22)24(28-23)21-18-30(19-27-21)17-20-7-2-1-3-8-20/h1-5,7-9,12,18-19H,6,10-11,13-17H2,(H,26,32). The van der Waals surface area contributed by atoms with Gasteiger partial charge in [-0.1, -0.05) is 36.4 Å². The Labute approximate surface area is 192 Å². The van der Waals surface area contributed by atoms with Crippen LogP contribution in [0.5, 0.6) is 0 Å². The number of fused-ring (bicyclic) bond motifs is 1. The number of hydrogen-bond acceptors (Lipinski definition) is 5. The van der Waals surface area contributed by atoms with Gasteiger partial charge in [0, 0.05) is 38.6 Å². The fraction of sp³-hybridized carbons (Fsp3) is 0.320. The van der Waals surface area contributed by atoms with Gasteiger partial charge in [0.15, 0.2) is 11.5 Å². The number of hydrogen-bond donors (Lipinski definition) is 1. The molecule has 5 rings (SSSR count). The molecule has 33 heavy (non-hydrogen) atoms. The molecule has 0 atom stereocenters. The first-order valence-electron chi connectivity index (χ1n) is 11.4. The Bertz CT molecular complexity index is 1210. The Morgan fingerprint density at radius 2 is 1.88 bits per heavy atom. The molecule has 4 heterocycles. The summed E-state index contributed by atoms with van der Waals surface area (Å²) in [6.45, 7) is 5.79. The lowest BCUT2D eigenvalue weighted by Gasteiger charge is -2.26. The molecule has 1 aliphatic heterocycles. The van der Waals surface area contributed by atoms with Crippen LogP contribution >= 0.6 is 0 Å². The second kappa shape index (κ2) is 9.97. The second-order valence-electron chi connectivity index (χ2n) is 8.22. The SMILES string of the molecule is O=C(NCCCN1CCOCC1)c1nc(-c2cn(Cc3ccccc3)cn2)n2ccccc12. The van der Waals surface area contributed by atoms with Crippen LogP contribution in [0, 0.1) is 0 Å². The molecule has 0 bridgehead atoms. The van der Waals surface area contributed by atoms with Crippen molar-refractivity contribution in [2.45, 2.75) is 13.0 Å². The maximum Gasteiger partial charge on any atom is 0.272 e. The Balaban J connectivity index is 1.29. The first-order valence-corrected chi connectivity index (χ1v) is 11.4. The van der Waals surface area contributed by atoms with Gasteiger partial charge in [-0.15, -0.1) is 0 Å². The lowest BCUT2D eigenvalue weighted by Crippen LogP contribution is -2.38. The van der Waals surface area contributed by atoms with Crippen molar-refractivity contribution in [2.24, 2.45) is 0 Å². The highest BCUT2D eigenvalue weighted by atomic mass is 16.5. The summed E-state index contributed by atoms with van der Waals surface area (Å²) in [5.41, 5.74) is 3.13. The van der Waals surface area contributed by atoms with Gasteiger partial charge in [-0.25, -0.2) is 9.97 Å². The third-order valence-corrected chi connectivity index (χ3v) is 5.87. The normalized spacial score (nSPS) is 14.5. The van der Waals surface area contributed by atoms with Crippen LogP contribution in [0.1, 0.15) is 22.5 Å². The van der Waals surface area contributed by atoms with Crippen molar-refractivity contribution in [1.29, 1.82) is 0 Å². The molecular formula is C25H28N6O2. The fourth-order valence-electron chi connectivity index (χ4n) is 4.15. The predicted molar refractivity (Wildman–Crippen MR) is 126 cm³/mol. The minimum atomic E-state index is -0.157. The number of morpholine rings is 1. The number of nitrogens with zero attached hydrogens (tertiary/aromatic N) is 5. The number of amides is 1. The van der Waals surface area contributed by atoms with Crippen molar-refractivity contribution in [3.63, 3.8) is 0 Å². The number of aromatic nitrogens is 4. The van der Waals surface area contributed by atoms with Gasteiger partial charge in [-0.05, 0) is 30.7 Å². The molecule has 0 unspecified atom stereocenters. The summed E-state index contributed by atoms with van der Waals surface area (Å²) < 4.78 is 9.34. The van der Waals surface area contributed by atoms with Gasteiger partial charge < -0.3 is 14.6 Å². The summed E-state index contributed by atoms with van der Waals surface area (Å²) in [7, 11) is 0. The average molecular weight is 445 g/mol. The van der Waals surface area contributed by atoms with Gasteiger partial charge >= 0.3 is 0 Å². The van der Waals surface area contributed by atoms with E-state index in [1.807, 2.05) is 57.8 Å². The molecule has 1 saturated heterocycles. The molecule has 1 amide bonds. The maximum absolute atomic E-state index is 13.0. The molecule has 8 heteroatoms. The quantitative estimate of drug-likeness (QED) is 0.423. The van der Waals surface area contributed by atoms with E-state index < -0.39 is 0 Å². The number of carbonyl (C=O) groups is 1. The molecule has 4 aromatic rings. The molecule has 1 aromatic carbocycles. The van der Waals surface area contributed by atoms with Crippen LogP contribution in [0.25, 0.3) is 17.0 Å². The largest absolute Gasteiger partial charge is 0.379 e. The number of carbonyl (C=O) groups excluding carboxylic acids is 1. The zero-order valence-electron chi connectivity index (χ0n) is 18.6. The van der Waals surface area contributed by atoms with E-state index in [0.717, 1.165) is 57.0 Å². The topological polar surface area (TPSA) is 76.7 Å². The molecule has 1 N–H and O–H groups in total. The third kappa shape index (κ3) is 4.97. The van der Waals surface area contributed by atoms with Crippen molar-refractivity contribution in [3.8, 4) is 11.5 Å². The van der Waals surface area contributed by atoms with Crippen molar-refractivity contribution >= 4 is 11.4 Å². The molecule has 8 nitrogen and oxygen atoms in total. The number of pyridine rings is 1. The molecule has 0 saturated carbocycles. The van der Waals surface area contributed by atoms with Crippen molar-refractivity contribution < 1.29 is 9.53 Å². The zero-order chi connectivity index (χ0) is 22.5. The predicted octanol–water partition coefficient (Wildman–Crippen LogP) is 2.70. The van der Waals surface area contributed by atoms with E-state index >= 15 is 0 Å². The van der Waals surface area contributed by atoms with Gasteiger partial charge in [-0.2, -0.15) is 0 Å². The van der Waals surface area contributed by atoms with Gasteiger partial charge in [-0.3, -0.25) is 14.1 Å². The van der Waals surface area contributed by atoms with Crippen LogP contribution in [-0.2, 0) is 11.3 Å². The number of imidazole rings is 2. The minimum absolute atomic E-state index is 0.157. The summed E-state index contributed by atoms with van der Waals surface area (Å²) in [5.74, 6) is 0.506. The number of nitrogens with one attached hydrogen (secondary N) is 1. The smallest absolute Gasteiger partial charge is 0.272 e. The molecule has 0 radical (unpaired) electrons. The summed E-state index contributed by atoms with van der Waals surface area (Å²) >= 11 is 0. The Morgan fingerprint density at radius 1 is 1.06 bits per heavy atom. The average Bonchev–Trinajstić information content (AvgIpc) is 3.48. The van der Waals surface area contributed by atoms with E-state index in [2.05, 4.69) is 27.3 Å². The summed E-state index contributed by atoms with van der Waals surface area (Å²) in [5, 5.41) is 3.04. The lowest BCUT2D eigenvalue weighted by atomic mass is 10.2. The molecule has 0 aliphatic carbocycles. The van der Waals surface area contributed by atoms with E-state index in [0.29, 0.717) is 18.1 Å². The van der Waals surface area contributed by atoms with Crippen LogP contribution in [0.15, 0.2) is 67.3 Å². The fourth-order valence-corrected chi connectivity index (χ4v) is 4.15. The number of rotatable bonds is 8. The molecule has 1 fully saturated rings. The van der Waals surface area contributed by atoms with Crippen LogP contribution in [0.3, 0.4) is 0 Å². The van der Waals surface area contributed by atoms with Gasteiger partial charge in [0.05, 0.1) is 25.1 Å². The zero-order valence-corrected chi connectivity index (χ0v) is 18.6. The molecule has 1 aliphatic rings. The summed E-state index contributed by atoms with van der Waals surface area (Å²) in [6, 6.07) is 16.0. The van der Waals surface area contributed by atoms with Crippen molar-refractivity contribution in [3.05, 3.63) is 78.5 Å². The van der Waals surface area contributed by atoms with Crippen LogP contribution in [0.4, 0.5) is 0 Å².